The fourth-order valence-electron chi connectivity index (χ4n) is 2.45. The molecule has 114 valence electrons. The third kappa shape index (κ3) is 3.36. The molecule has 5 heteroatoms. The van der Waals surface area contributed by atoms with Crippen LogP contribution in [0.15, 0.2) is 24.5 Å². The number of aryl methyl sites for hydroxylation is 1. The highest BCUT2D eigenvalue weighted by atomic mass is 16.5. The van der Waals surface area contributed by atoms with Gasteiger partial charge in [-0.25, -0.2) is 4.98 Å². The van der Waals surface area contributed by atoms with Crippen LogP contribution in [0.3, 0.4) is 0 Å². The topological polar surface area (TPSA) is 48.3 Å². The molecule has 0 spiro atoms. The summed E-state index contributed by atoms with van der Waals surface area (Å²) in [6.07, 6.45) is 4.63. The molecule has 0 fully saturated rings. The lowest BCUT2D eigenvalue weighted by molar-refractivity contribution is 0.354. The molecule has 0 radical (unpaired) electrons. The number of ether oxygens (including phenoxy) is 2. The molecule has 0 aliphatic carbocycles. The summed E-state index contributed by atoms with van der Waals surface area (Å²) in [4.78, 5) is 4.45. The molecule has 1 N–H and O–H groups in total. The summed E-state index contributed by atoms with van der Waals surface area (Å²) < 4.78 is 13.0. The number of aromatic nitrogens is 2. The highest BCUT2D eigenvalue weighted by Gasteiger charge is 2.13. The zero-order chi connectivity index (χ0) is 15.2. The summed E-state index contributed by atoms with van der Waals surface area (Å²) in [5.74, 6) is 2.56. The maximum absolute atomic E-state index is 5.41. The Morgan fingerprint density at radius 3 is 2.38 bits per heavy atom. The average Bonchev–Trinajstić information content (AvgIpc) is 2.95. The first-order valence-electron chi connectivity index (χ1n) is 7.11. The van der Waals surface area contributed by atoms with Crippen molar-refractivity contribution in [3.8, 4) is 11.5 Å². The first kappa shape index (κ1) is 15.4. The van der Waals surface area contributed by atoms with Crippen LogP contribution in [0.25, 0.3) is 0 Å². The van der Waals surface area contributed by atoms with Crippen LogP contribution in [0.4, 0.5) is 0 Å². The van der Waals surface area contributed by atoms with Crippen molar-refractivity contribution in [2.45, 2.75) is 26.4 Å². The van der Waals surface area contributed by atoms with E-state index in [0.29, 0.717) is 0 Å². The fourth-order valence-corrected chi connectivity index (χ4v) is 2.45. The van der Waals surface area contributed by atoms with Crippen LogP contribution in [0.2, 0.25) is 0 Å². The van der Waals surface area contributed by atoms with Gasteiger partial charge < -0.3 is 19.4 Å². The summed E-state index contributed by atoms with van der Waals surface area (Å²) in [5.41, 5.74) is 2.39. The van der Waals surface area contributed by atoms with Gasteiger partial charge >= 0.3 is 0 Å². The molecule has 1 aromatic heterocycles. The van der Waals surface area contributed by atoms with E-state index < -0.39 is 0 Å². The van der Waals surface area contributed by atoms with E-state index in [9.17, 15) is 0 Å². The molecular formula is C16H23N3O2. The van der Waals surface area contributed by atoms with Gasteiger partial charge in [-0.2, -0.15) is 0 Å². The second-order valence-corrected chi connectivity index (χ2v) is 4.81. The highest BCUT2D eigenvalue weighted by Crippen LogP contribution is 2.31. The molecule has 2 aromatic rings. The van der Waals surface area contributed by atoms with Gasteiger partial charge in [0.2, 0.25) is 0 Å². The van der Waals surface area contributed by atoms with Gasteiger partial charge in [0, 0.05) is 31.9 Å². The monoisotopic (exact) mass is 289 g/mol. The summed E-state index contributed by atoms with van der Waals surface area (Å²) in [5, 5.41) is 3.20. The van der Waals surface area contributed by atoms with Gasteiger partial charge in [-0.15, -0.1) is 0 Å². The first-order chi connectivity index (χ1) is 10.2. The lowest BCUT2D eigenvalue weighted by Gasteiger charge is -2.15. The van der Waals surface area contributed by atoms with Gasteiger partial charge in [0.15, 0.2) is 11.5 Å². The summed E-state index contributed by atoms with van der Waals surface area (Å²) >= 11 is 0. The SMILES string of the molecule is CCn1ccnc1Cc1cc(OC)c(OC)cc1CNC. The van der Waals surface area contributed by atoms with E-state index >= 15 is 0 Å². The standard InChI is InChI=1S/C16H23N3O2/c1-5-19-7-6-18-16(19)10-12-8-14(20-3)15(21-4)9-13(12)11-17-2/h6-9,17H,5,10-11H2,1-4H3. The minimum absolute atomic E-state index is 0.752. The van der Waals surface area contributed by atoms with Crippen molar-refractivity contribution in [2.24, 2.45) is 0 Å². The lowest BCUT2D eigenvalue weighted by atomic mass is 10.0. The molecular weight excluding hydrogens is 266 g/mol. The minimum atomic E-state index is 0.752. The second-order valence-electron chi connectivity index (χ2n) is 4.81. The number of hydrogen-bond acceptors (Lipinski definition) is 4. The largest absolute Gasteiger partial charge is 0.493 e. The Kier molecular flexibility index (Phi) is 5.22. The smallest absolute Gasteiger partial charge is 0.161 e. The van der Waals surface area contributed by atoms with Crippen molar-refractivity contribution < 1.29 is 9.47 Å². The van der Waals surface area contributed by atoms with E-state index in [1.54, 1.807) is 14.2 Å². The van der Waals surface area contributed by atoms with Crippen LogP contribution in [-0.4, -0.2) is 30.8 Å². The molecule has 0 unspecified atom stereocenters. The molecule has 0 aliphatic rings. The van der Waals surface area contributed by atoms with Gasteiger partial charge in [-0.05, 0) is 37.2 Å². The van der Waals surface area contributed by atoms with E-state index in [0.717, 1.165) is 36.8 Å². The van der Waals surface area contributed by atoms with Gasteiger partial charge in [-0.1, -0.05) is 0 Å². The van der Waals surface area contributed by atoms with Crippen molar-refractivity contribution in [3.63, 3.8) is 0 Å². The zero-order valence-corrected chi connectivity index (χ0v) is 13.1. The van der Waals surface area contributed by atoms with Crippen LogP contribution >= 0.6 is 0 Å². The van der Waals surface area contributed by atoms with Crippen molar-refractivity contribution in [1.82, 2.24) is 14.9 Å². The van der Waals surface area contributed by atoms with Crippen LogP contribution < -0.4 is 14.8 Å². The van der Waals surface area contributed by atoms with E-state index in [4.69, 9.17) is 9.47 Å². The summed E-state index contributed by atoms with van der Waals surface area (Å²) in [7, 11) is 5.25. The molecule has 0 aliphatic heterocycles. The highest BCUT2D eigenvalue weighted by molar-refractivity contribution is 5.48. The molecule has 2 rings (SSSR count). The maximum atomic E-state index is 5.41. The van der Waals surface area contributed by atoms with Gasteiger partial charge in [-0.3, -0.25) is 0 Å². The number of benzene rings is 1. The molecule has 21 heavy (non-hydrogen) atoms. The van der Waals surface area contributed by atoms with Crippen LogP contribution in [0.1, 0.15) is 23.9 Å². The van der Waals surface area contributed by atoms with Crippen LogP contribution in [0, 0.1) is 0 Å². The first-order valence-corrected chi connectivity index (χ1v) is 7.11. The quantitative estimate of drug-likeness (QED) is 0.849. The van der Waals surface area contributed by atoms with Crippen molar-refractivity contribution in [3.05, 3.63) is 41.5 Å². The predicted octanol–water partition coefficient (Wildman–Crippen LogP) is 2.23. The molecule has 0 saturated carbocycles. The number of imidazole rings is 1. The molecule has 0 bridgehead atoms. The molecule has 1 aromatic carbocycles. The van der Waals surface area contributed by atoms with Crippen LogP contribution in [0.5, 0.6) is 11.5 Å². The van der Waals surface area contributed by atoms with Gasteiger partial charge in [0.1, 0.15) is 5.82 Å². The van der Waals surface area contributed by atoms with Crippen LogP contribution in [-0.2, 0) is 19.5 Å². The van der Waals surface area contributed by atoms with Gasteiger partial charge in [0.25, 0.3) is 0 Å². The Balaban J connectivity index is 2.40. The fraction of sp³-hybridized carbons (Fsp3) is 0.438. The maximum Gasteiger partial charge on any atom is 0.161 e. The molecule has 0 saturated heterocycles. The molecule has 0 amide bonds. The van der Waals surface area contributed by atoms with E-state index in [1.807, 2.05) is 31.6 Å². The molecule has 1 heterocycles. The molecule has 5 nitrogen and oxygen atoms in total. The Bertz CT molecular complexity index is 593. The minimum Gasteiger partial charge on any atom is -0.493 e. The van der Waals surface area contributed by atoms with E-state index in [2.05, 4.69) is 21.8 Å². The number of nitrogens with zero attached hydrogens (tertiary/aromatic N) is 2. The summed E-state index contributed by atoms with van der Waals surface area (Å²) in [6.45, 7) is 3.82. The number of hydrogen-bond donors (Lipinski definition) is 1. The summed E-state index contributed by atoms with van der Waals surface area (Å²) in [6, 6.07) is 4.07. The predicted molar refractivity (Wildman–Crippen MR) is 83.0 cm³/mol. The third-order valence-electron chi connectivity index (χ3n) is 3.56. The van der Waals surface area contributed by atoms with E-state index in [-0.39, 0.29) is 0 Å². The van der Waals surface area contributed by atoms with Crippen molar-refractivity contribution >= 4 is 0 Å². The Morgan fingerprint density at radius 2 is 1.81 bits per heavy atom. The number of methoxy groups -OCH3 is 2. The Morgan fingerprint density at radius 1 is 1.14 bits per heavy atom. The van der Waals surface area contributed by atoms with Crippen molar-refractivity contribution in [2.75, 3.05) is 21.3 Å². The average molecular weight is 289 g/mol. The second kappa shape index (κ2) is 7.13. The third-order valence-corrected chi connectivity index (χ3v) is 3.56. The Hall–Kier alpha value is -2.01. The van der Waals surface area contributed by atoms with Crippen molar-refractivity contribution in [1.29, 1.82) is 0 Å². The zero-order valence-electron chi connectivity index (χ0n) is 13.1. The number of nitrogens with one attached hydrogen (secondary N) is 1. The van der Waals surface area contributed by atoms with Gasteiger partial charge in [0.05, 0.1) is 14.2 Å². The number of rotatable bonds is 7. The molecule has 0 atom stereocenters. The van der Waals surface area contributed by atoms with E-state index in [1.165, 1.54) is 11.1 Å². The normalized spacial score (nSPS) is 10.7. The Labute approximate surface area is 125 Å². The lowest BCUT2D eigenvalue weighted by Crippen LogP contribution is -2.10.